The Morgan fingerprint density at radius 1 is 1.46 bits per heavy atom. The predicted octanol–water partition coefficient (Wildman–Crippen LogP) is 2.73. The average molecular weight is 267 g/mol. The van der Waals surface area contributed by atoms with Crippen molar-refractivity contribution in [1.82, 2.24) is 0 Å². The maximum absolute atomic E-state index is 5.54. The van der Waals surface area contributed by atoms with Gasteiger partial charge in [-0.3, -0.25) is 0 Å². The van der Waals surface area contributed by atoms with E-state index in [0.717, 1.165) is 15.8 Å². The van der Waals surface area contributed by atoms with Crippen LogP contribution >= 0.6 is 28.3 Å². The quantitative estimate of drug-likeness (QED) is 0.913. The van der Waals surface area contributed by atoms with Gasteiger partial charge >= 0.3 is 0 Å². The molecular weight excluding hydrogens is 253 g/mol. The normalized spacial score (nSPS) is 9.15. The summed E-state index contributed by atoms with van der Waals surface area (Å²) in [6.45, 7) is 3.15. The summed E-state index contributed by atoms with van der Waals surface area (Å²) in [6, 6.07) is 5.87. The molecule has 4 heteroatoms. The fourth-order valence-electron chi connectivity index (χ4n) is 0.987. The lowest BCUT2D eigenvalue weighted by Crippen LogP contribution is -2.01. The molecule has 0 fully saturated rings. The summed E-state index contributed by atoms with van der Waals surface area (Å²) in [5.74, 6) is 0.870. The van der Waals surface area contributed by atoms with Crippen LogP contribution in [0.25, 0.3) is 0 Å². The number of nitrogens with two attached hydrogens (primary N) is 1. The van der Waals surface area contributed by atoms with Crippen molar-refractivity contribution in [3.05, 3.63) is 28.2 Å². The third-order valence-corrected chi connectivity index (χ3v) is 2.04. The zero-order chi connectivity index (χ0) is 8.97. The van der Waals surface area contributed by atoms with Crippen LogP contribution in [0.15, 0.2) is 22.7 Å². The summed E-state index contributed by atoms with van der Waals surface area (Å²) in [5, 5.41) is 0. The summed E-state index contributed by atoms with van der Waals surface area (Å²) < 4.78 is 6.42. The number of halogens is 2. The molecule has 0 spiro atoms. The Labute approximate surface area is 93.0 Å². The van der Waals surface area contributed by atoms with Crippen LogP contribution in [0.5, 0.6) is 5.75 Å². The number of rotatable bonds is 3. The van der Waals surface area contributed by atoms with Gasteiger partial charge in [0, 0.05) is 16.6 Å². The molecule has 0 saturated heterocycles. The van der Waals surface area contributed by atoms with Gasteiger partial charge in [0.15, 0.2) is 0 Å². The third-order valence-electron chi connectivity index (χ3n) is 1.55. The smallest absolute Gasteiger partial charge is 0.124 e. The van der Waals surface area contributed by atoms with E-state index in [1.165, 1.54) is 0 Å². The van der Waals surface area contributed by atoms with Gasteiger partial charge in [-0.1, -0.05) is 22.0 Å². The second-order valence-corrected chi connectivity index (χ2v) is 3.30. The molecule has 0 aliphatic carbocycles. The topological polar surface area (TPSA) is 35.2 Å². The Balaban J connectivity index is 0.00000144. The van der Waals surface area contributed by atoms with Gasteiger partial charge in [0.1, 0.15) is 5.75 Å². The first kappa shape index (κ1) is 12.8. The Bertz CT molecular complexity index is 268. The summed E-state index contributed by atoms with van der Waals surface area (Å²) in [7, 11) is 0. The van der Waals surface area contributed by atoms with Crippen LogP contribution in [0.2, 0.25) is 0 Å². The van der Waals surface area contributed by atoms with Crippen molar-refractivity contribution in [2.24, 2.45) is 5.73 Å². The van der Waals surface area contributed by atoms with E-state index in [-0.39, 0.29) is 12.4 Å². The number of ether oxygens (including phenoxy) is 1. The van der Waals surface area contributed by atoms with Crippen LogP contribution in [-0.2, 0) is 6.54 Å². The van der Waals surface area contributed by atoms with Gasteiger partial charge in [-0.15, -0.1) is 12.4 Å². The highest BCUT2D eigenvalue weighted by atomic mass is 79.9. The molecule has 1 rings (SSSR count). The first-order valence-electron chi connectivity index (χ1n) is 3.89. The van der Waals surface area contributed by atoms with Crippen molar-refractivity contribution in [3.63, 3.8) is 0 Å². The Morgan fingerprint density at radius 2 is 2.15 bits per heavy atom. The lowest BCUT2D eigenvalue weighted by molar-refractivity contribution is 0.336. The highest BCUT2D eigenvalue weighted by Gasteiger charge is 2.01. The monoisotopic (exact) mass is 265 g/mol. The van der Waals surface area contributed by atoms with E-state index in [4.69, 9.17) is 10.5 Å². The van der Waals surface area contributed by atoms with Crippen molar-refractivity contribution in [1.29, 1.82) is 0 Å². The van der Waals surface area contributed by atoms with Crippen molar-refractivity contribution in [2.45, 2.75) is 13.5 Å². The van der Waals surface area contributed by atoms with E-state index in [1.54, 1.807) is 0 Å². The van der Waals surface area contributed by atoms with Gasteiger partial charge in [-0.2, -0.15) is 0 Å². The van der Waals surface area contributed by atoms with Crippen LogP contribution in [0.3, 0.4) is 0 Å². The third kappa shape index (κ3) is 3.55. The van der Waals surface area contributed by atoms with E-state index in [9.17, 15) is 0 Å². The van der Waals surface area contributed by atoms with Crippen molar-refractivity contribution < 1.29 is 4.74 Å². The van der Waals surface area contributed by atoms with E-state index in [1.807, 2.05) is 25.1 Å². The zero-order valence-electron chi connectivity index (χ0n) is 7.42. The molecule has 0 unspecified atom stereocenters. The summed E-state index contributed by atoms with van der Waals surface area (Å²) in [6.07, 6.45) is 0. The summed E-state index contributed by atoms with van der Waals surface area (Å²) >= 11 is 3.37. The minimum Gasteiger partial charge on any atom is -0.494 e. The van der Waals surface area contributed by atoms with Gasteiger partial charge in [0.2, 0.25) is 0 Å². The Hall–Kier alpha value is -0.250. The van der Waals surface area contributed by atoms with Crippen LogP contribution in [0, 0.1) is 0 Å². The van der Waals surface area contributed by atoms with E-state index in [2.05, 4.69) is 15.9 Å². The molecule has 0 radical (unpaired) electrons. The SMILES string of the molecule is CCOc1cc(Br)ccc1CN.Cl. The summed E-state index contributed by atoms with van der Waals surface area (Å²) in [5.41, 5.74) is 6.58. The molecule has 0 heterocycles. The second kappa shape index (κ2) is 6.24. The maximum atomic E-state index is 5.54. The predicted molar refractivity (Wildman–Crippen MR) is 60.5 cm³/mol. The lowest BCUT2D eigenvalue weighted by atomic mass is 10.2. The first-order valence-corrected chi connectivity index (χ1v) is 4.68. The molecule has 0 aromatic heterocycles. The minimum atomic E-state index is 0. The second-order valence-electron chi connectivity index (χ2n) is 2.39. The molecule has 13 heavy (non-hydrogen) atoms. The maximum Gasteiger partial charge on any atom is 0.124 e. The van der Waals surface area contributed by atoms with E-state index >= 15 is 0 Å². The van der Waals surface area contributed by atoms with Crippen LogP contribution in [-0.4, -0.2) is 6.61 Å². The molecule has 1 aromatic carbocycles. The Kier molecular flexibility index (Phi) is 6.12. The molecule has 0 aliphatic rings. The molecular formula is C9H13BrClNO. The fraction of sp³-hybridized carbons (Fsp3) is 0.333. The van der Waals surface area contributed by atoms with Crippen molar-refractivity contribution in [3.8, 4) is 5.75 Å². The first-order chi connectivity index (χ1) is 5.77. The Morgan fingerprint density at radius 3 is 2.69 bits per heavy atom. The van der Waals surface area contributed by atoms with Gasteiger partial charge in [0.25, 0.3) is 0 Å². The molecule has 2 N–H and O–H groups in total. The van der Waals surface area contributed by atoms with Crippen molar-refractivity contribution >= 4 is 28.3 Å². The highest BCUT2D eigenvalue weighted by molar-refractivity contribution is 9.10. The van der Waals surface area contributed by atoms with Crippen LogP contribution in [0.4, 0.5) is 0 Å². The molecule has 0 bridgehead atoms. The van der Waals surface area contributed by atoms with Gasteiger partial charge < -0.3 is 10.5 Å². The van der Waals surface area contributed by atoms with E-state index in [0.29, 0.717) is 13.2 Å². The molecule has 0 amide bonds. The lowest BCUT2D eigenvalue weighted by Gasteiger charge is -2.08. The average Bonchev–Trinajstić information content (AvgIpc) is 2.05. The van der Waals surface area contributed by atoms with Crippen molar-refractivity contribution in [2.75, 3.05) is 6.61 Å². The largest absolute Gasteiger partial charge is 0.494 e. The number of benzene rings is 1. The van der Waals surface area contributed by atoms with Crippen LogP contribution in [0.1, 0.15) is 12.5 Å². The molecule has 0 aliphatic heterocycles. The molecule has 2 nitrogen and oxygen atoms in total. The number of hydrogen-bond donors (Lipinski definition) is 1. The molecule has 1 aromatic rings. The highest BCUT2D eigenvalue weighted by Crippen LogP contribution is 2.23. The fourth-order valence-corrected chi connectivity index (χ4v) is 1.33. The molecule has 0 atom stereocenters. The minimum absolute atomic E-state index is 0. The van der Waals surface area contributed by atoms with E-state index < -0.39 is 0 Å². The number of hydrogen-bond acceptors (Lipinski definition) is 2. The van der Waals surface area contributed by atoms with Crippen LogP contribution < -0.4 is 10.5 Å². The molecule has 74 valence electrons. The molecule has 0 saturated carbocycles. The van der Waals surface area contributed by atoms with Gasteiger partial charge in [0.05, 0.1) is 6.61 Å². The van der Waals surface area contributed by atoms with Gasteiger partial charge in [-0.25, -0.2) is 0 Å². The summed E-state index contributed by atoms with van der Waals surface area (Å²) in [4.78, 5) is 0. The van der Waals surface area contributed by atoms with Gasteiger partial charge in [-0.05, 0) is 19.1 Å². The standard InChI is InChI=1S/C9H12BrNO.ClH/c1-2-12-9-5-8(10)4-3-7(9)6-11;/h3-5H,2,6,11H2,1H3;1H. The zero-order valence-corrected chi connectivity index (χ0v) is 9.82.